The number of nitrogens with zero attached hydrogens (tertiary/aromatic N) is 2. The molecule has 1 aromatic carbocycles. The summed E-state index contributed by atoms with van der Waals surface area (Å²) >= 11 is 1.66. The van der Waals surface area contributed by atoms with Gasteiger partial charge in [0.25, 0.3) is 0 Å². The third-order valence-corrected chi connectivity index (χ3v) is 4.63. The van der Waals surface area contributed by atoms with Crippen LogP contribution in [0, 0.1) is 6.92 Å². The van der Waals surface area contributed by atoms with Gasteiger partial charge in [-0.05, 0) is 19.9 Å². The van der Waals surface area contributed by atoms with Gasteiger partial charge >= 0.3 is 0 Å². The highest BCUT2D eigenvalue weighted by molar-refractivity contribution is 7.15. The van der Waals surface area contributed by atoms with E-state index in [1.54, 1.807) is 18.4 Å². The summed E-state index contributed by atoms with van der Waals surface area (Å²) in [6.07, 6.45) is 0. The van der Waals surface area contributed by atoms with Gasteiger partial charge in [0, 0.05) is 30.1 Å². The number of methoxy groups -OCH3 is 1. The Balaban J connectivity index is 2.19. The minimum atomic E-state index is 0.0286. The highest BCUT2D eigenvalue weighted by Gasteiger charge is 2.15. The molecule has 0 amide bonds. The number of nitrogens with two attached hydrogens (primary N) is 1. The molecule has 2 rings (SSSR count). The minimum absolute atomic E-state index is 0.0286. The van der Waals surface area contributed by atoms with Gasteiger partial charge in [-0.15, -0.1) is 11.3 Å². The molecule has 2 aromatic rings. The third kappa shape index (κ3) is 3.11. The van der Waals surface area contributed by atoms with E-state index >= 15 is 0 Å². The van der Waals surface area contributed by atoms with Gasteiger partial charge in [-0.1, -0.05) is 18.2 Å². The number of aryl methyl sites for hydroxylation is 1. The van der Waals surface area contributed by atoms with E-state index in [1.165, 1.54) is 0 Å². The van der Waals surface area contributed by atoms with Gasteiger partial charge in [-0.2, -0.15) is 0 Å². The third-order valence-electron chi connectivity index (χ3n) is 3.16. The van der Waals surface area contributed by atoms with Crippen molar-refractivity contribution in [3.05, 3.63) is 40.4 Å². The van der Waals surface area contributed by atoms with E-state index in [2.05, 4.69) is 16.0 Å². The van der Waals surface area contributed by atoms with Crippen molar-refractivity contribution >= 4 is 16.5 Å². The van der Waals surface area contributed by atoms with Crippen LogP contribution in [0.25, 0.3) is 0 Å². The molecule has 0 bridgehead atoms. The van der Waals surface area contributed by atoms with E-state index in [9.17, 15) is 0 Å². The molecule has 1 atom stereocenters. The lowest BCUT2D eigenvalue weighted by molar-refractivity contribution is 0.409. The Hall–Kier alpha value is -1.59. The van der Waals surface area contributed by atoms with Crippen molar-refractivity contribution in [3.8, 4) is 5.75 Å². The van der Waals surface area contributed by atoms with Crippen LogP contribution in [0.5, 0.6) is 5.75 Å². The quantitative estimate of drug-likeness (QED) is 0.919. The minimum Gasteiger partial charge on any atom is -0.496 e. The standard InChI is InChI=1S/C15H21N3OS/c1-10(16)14-11(2)17-15(20-14)18(3)9-12-7-5-6-8-13(12)19-4/h5-8,10H,9,16H2,1-4H3. The maximum Gasteiger partial charge on any atom is 0.185 e. The normalized spacial score (nSPS) is 12.2. The van der Waals surface area contributed by atoms with Crippen molar-refractivity contribution in [1.29, 1.82) is 0 Å². The van der Waals surface area contributed by atoms with Crippen LogP contribution >= 0.6 is 11.3 Å². The number of anilines is 1. The molecule has 0 aliphatic heterocycles. The molecule has 0 aliphatic carbocycles. The van der Waals surface area contributed by atoms with E-state index in [0.717, 1.165) is 33.6 Å². The first kappa shape index (κ1) is 14.8. The van der Waals surface area contributed by atoms with Crippen LogP contribution in [-0.2, 0) is 6.54 Å². The van der Waals surface area contributed by atoms with Crippen LogP contribution < -0.4 is 15.4 Å². The first-order chi connectivity index (χ1) is 9.52. The van der Waals surface area contributed by atoms with Crippen LogP contribution in [-0.4, -0.2) is 19.1 Å². The summed E-state index contributed by atoms with van der Waals surface area (Å²) in [5.41, 5.74) is 8.12. The molecule has 2 N–H and O–H groups in total. The average Bonchev–Trinajstić information content (AvgIpc) is 2.81. The van der Waals surface area contributed by atoms with Gasteiger partial charge in [0.15, 0.2) is 5.13 Å². The van der Waals surface area contributed by atoms with E-state index in [-0.39, 0.29) is 6.04 Å². The molecule has 0 spiro atoms. The lowest BCUT2D eigenvalue weighted by Crippen LogP contribution is -2.16. The van der Waals surface area contributed by atoms with Crippen LogP contribution in [0.3, 0.4) is 0 Å². The van der Waals surface area contributed by atoms with Gasteiger partial charge in [0.1, 0.15) is 5.75 Å². The van der Waals surface area contributed by atoms with Crippen LogP contribution in [0.2, 0.25) is 0 Å². The Morgan fingerprint density at radius 3 is 2.70 bits per heavy atom. The van der Waals surface area contributed by atoms with Crippen LogP contribution in [0.15, 0.2) is 24.3 Å². The number of aromatic nitrogens is 1. The number of benzene rings is 1. The summed E-state index contributed by atoms with van der Waals surface area (Å²) < 4.78 is 5.39. The van der Waals surface area contributed by atoms with E-state index in [0.29, 0.717) is 0 Å². The largest absolute Gasteiger partial charge is 0.496 e. The van der Waals surface area contributed by atoms with Gasteiger partial charge in [-0.25, -0.2) is 4.98 Å². The Kier molecular flexibility index (Phi) is 4.62. The molecule has 20 heavy (non-hydrogen) atoms. The Morgan fingerprint density at radius 1 is 1.40 bits per heavy atom. The van der Waals surface area contributed by atoms with Gasteiger partial charge in [0.2, 0.25) is 0 Å². The highest BCUT2D eigenvalue weighted by atomic mass is 32.1. The van der Waals surface area contributed by atoms with E-state index < -0.39 is 0 Å². The van der Waals surface area contributed by atoms with Gasteiger partial charge < -0.3 is 15.4 Å². The molecule has 1 aromatic heterocycles. The summed E-state index contributed by atoms with van der Waals surface area (Å²) in [7, 11) is 3.73. The Morgan fingerprint density at radius 2 is 2.10 bits per heavy atom. The zero-order chi connectivity index (χ0) is 14.7. The fourth-order valence-corrected chi connectivity index (χ4v) is 3.11. The molecule has 0 saturated heterocycles. The molecule has 0 saturated carbocycles. The average molecular weight is 291 g/mol. The second-order valence-electron chi connectivity index (χ2n) is 4.90. The molecule has 1 unspecified atom stereocenters. The van der Waals surface area contributed by atoms with Crippen molar-refractivity contribution in [2.24, 2.45) is 5.73 Å². The van der Waals surface area contributed by atoms with Gasteiger partial charge in [-0.3, -0.25) is 0 Å². The highest BCUT2D eigenvalue weighted by Crippen LogP contribution is 2.30. The van der Waals surface area contributed by atoms with Crippen molar-refractivity contribution < 1.29 is 4.74 Å². The zero-order valence-corrected chi connectivity index (χ0v) is 13.2. The maximum atomic E-state index is 5.96. The smallest absolute Gasteiger partial charge is 0.185 e. The molecule has 108 valence electrons. The maximum absolute atomic E-state index is 5.96. The van der Waals surface area contributed by atoms with Crippen LogP contribution in [0.4, 0.5) is 5.13 Å². The lowest BCUT2D eigenvalue weighted by Gasteiger charge is -2.17. The number of ether oxygens (including phenoxy) is 1. The Labute approximate surface area is 124 Å². The number of hydrogen-bond donors (Lipinski definition) is 1. The molecular weight excluding hydrogens is 270 g/mol. The predicted octanol–water partition coefficient (Wildman–Crippen LogP) is 3.12. The molecule has 5 heteroatoms. The fourth-order valence-electron chi connectivity index (χ4n) is 2.14. The number of thiazole rings is 1. The number of rotatable bonds is 5. The molecule has 0 radical (unpaired) electrons. The van der Waals surface area contributed by atoms with Crippen molar-refractivity contribution in [1.82, 2.24) is 4.98 Å². The SMILES string of the molecule is COc1ccccc1CN(C)c1nc(C)c(C(C)N)s1. The second-order valence-corrected chi connectivity index (χ2v) is 5.91. The van der Waals surface area contributed by atoms with Crippen molar-refractivity contribution in [2.45, 2.75) is 26.4 Å². The molecule has 0 aliphatic rings. The Bertz CT molecular complexity index is 580. The summed E-state index contributed by atoms with van der Waals surface area (Å²) in [6, 6.07) is 8.07. The first-order valence-electron chi connectivity index (χ1n) is 6.59. The van der Waals surface area contributed by atoms with Gasteiger partial charge in [0.05, 0.1) is 12.8 Å². The van der Waals surface area contributed by atoms with Crippen molar-refractivity contribution in [3.63, 3.8) is 0 Å². The fraction of sp³-hybridized carbons (Fsp3) is 0.400. The molecule has 0 fully saturated rings. The lowest BCUT2D eigenvalue weighted by atomic mass is 10.2. The molecule has 4 nitrogen and oxygen atoms in total. The second kappa shape index (κ2) is 6.24. The van der Waals surface area contributed by atoms with E-state index in [4.69, 9.17) is 10.5 Å². The topological polar surface area (TPSA) is 51.4 Å². The molecule has 1 heterocycles. The summed E-state index contributed by atoms with van der Waals surface area (Å²) in [4.78, 5) is 7.88. The van der Waals surface area contributed by atoms with Crippen LogP contribution in [0.1, 0.15) is 29.1 Å². The summed E-state index contributed by atoms with van der Waals surface area (Å²) in [5.74, 6) is 0.903. The van der Waals surface area contributed by atoms with E-state index in [1.807, 2.05) is 39.1 Å². The first-order valence-corrected chi connectivity index (χ1v) is 7.40. The monoisotopic (exact) mass is 291 g/mol. The summed E-state index contributed by atoms with van der Waals surface area (Å²) in [6.45, 7) is 4.76. The molecular formula is C15H21N3OS. The van der Waals surface area contributed by atoms with Crippen molar-refractivity contribution in [2.75, 3.05) is 19.1 Å². The number of para-hydroxylation sites is 1. The number of hydrogen-bond acceptors (Lipinski definition) is 5. The predicted molar refractivity (Wildman–Crippen MR) is 84.6 cm³/mol. The summed E-state index contributed by atoms with van der Waals surface area (Å²) in [5, 5.41) is 0.987. The zero-order valence-electron chi connectivity index (χ0n) is 12.4.